The number of aromatic nitrogens is 1. The lowest BCUT2D eigenvalue weighted by molar-refractivity contribution is 0.0750. The van der Waals surface area contributed by atoms with Gasteiger partial charge in [-0.15, -0.1) is 0 Å². The minimum absolute atomic E-state index is 0.0791. The third-order valence-corrected chi connectivity index (χ3v) is 2.95. The van der Waals surface area contributed by atoms with Crippen LogP contribution in [0.2, 0.25) is 0 Å². The van der Waals surface area contributed by atoms with Gasteiger partial charge in [0.1, 0.15) is 6.26 Å². The molecule has 0 aliphatic carbocycles. The number of aliphatic hydroxyl groups is 1. The summed E-state index contributed by atoms with van der Waals surface area (Å²) >= 11 is 0. The third kappa shape index (κ3) is 3.04. The standard InChI is InChI=1S/C11H17N3O3/c15-8-7-13-3-1-4-14(6-5-13)11(16)10-2-9-17-12-10/h2,9,15H,1,3-8H2. The van der Waals surface area contributed by atoms with Gasteiger partial charge in [0.15, 0.2) is 5.69 Å². The minimum Gasteiger partial charge on any atom is -0.395 e. The van der Waals surface area contributed by atoms with Crippen LogP contribution >= 0.6 is 0 Å². The van der Waals surface area contributed by atoms with Crippen LogP contribution in [0, 0.1) is 0 Å². The Balaban J connectivity index is 1.92. The van der Waals surface area contributed by atoms with Crippen LogP contribution in [0.15, 0.2) is 16.9 Å². The fourth-order valence-electron chi connectivity index (χ4n) is 2.02. The van der Waals surface area contributed by atoms with Crippen molar-refractivity contribution in [1.82, 2.24) is 15.0 Å². The average Bonchev–Trinajstić information content (AvgIpc) is 2.76. The molecule has 1 N–H and O–H groups in total. The lowest BCUT2D eigenvalue weighted by Gasteiger charge is -2.20. The molecule has 1 aliphatic rings. The van der Waals surface area contributed by atoms with Gasteiger partial charge in [-0.2, -0.15) is 0 Å². The van der Waals surface area contributed by atoms with E-state index in [1.54, 1.807) is 11.0 Å². The van der Waals surface area contributed by atoms with E-state index in [1.807, 2.05) is 0 Å². The van der Waals surface area contributed by atoms with Gasteiger partial charge in [-0.05, 0) is 13.0 Å². The first-order chi connectivity index (χ1) is 8.31. The molecule has 1 saturated heterocycles. The van der Waals surface area contributed by atoms with Crippen LogP contribution < -0.4 is 0 Å². The zero-order chi connectivity index (χ0) is 12.1. The van der Waals surface area contributed by atoms with Crippen molar-refractivity contribution in [2.75, 3.05) is 39.3 Å². The molecule has 1 aliphatic heterocycles. The fraction of sp³-hybridized carbons (Fsp3) is 0.636. The Morgan fingerprint density at radius 3 is 3.00 bits per heavy atom. The third-order valence-electron chi connectivity index (χ3n) is 2.95. The maximum Gasteiger partial charge on any atom is 0.276 e. The summed E-state index contributed by atoms with van der Waals surface area (Å²) in [6.07, 6.45) is 2.33. The van der Waals surface area contributed by atoms with Crippen molar-refractivity contribution in [2.24, 2.45) is 0 Å². The van der Waals surface area contributed by atoms with Crippen LogP contribution in [0.5, 0.6) is 0 Å². The molecule has 0 saturated carbocycles. The second-order valence-electron chi connectivity index (χ2n) is 4.10. The largest absolute Gasteiger partial charge is 0.395 e. The molecule has 0 aromatic carbocycles. The minimum atomic E-state index is -0.0791. The number of aliphatic hydroxyl groups excluding tert-OH is 1. The van der Waals surface area contributed by atoms with Gasteiger partial charge in [0, 0.05) is 32.2 Å². The van der Waals surface area contributed by atoms with Crippen LogP contribution in [0.3, 0.4) is 0 Å². The molecular weight excluding hydrogens is 222 g/mol. The highest BCUT2D eigenvalue weighted by molar-refractivity contribution is 5.92. The highest BCUT2D eigenvalue weighted by Crippen LogP contribution is 2.07. The monoisotopic (exact) mass is 239 g/mol. The van der Waals surface area contributed by atoms with Crippen molar-refractivity contribution >= 4 is 5.91 Å². The van der Waals surface area contributed by atoms with Gasteiger partial charge in [0.05, 0.1) is 6.61 Å². The van der Waals surface area contributed by atoms with E-state index in [2.05, 4.69) is 14.6 Å². The number of rotatable bonds is 3. The van der Waals surface area contributed by atoms with Crippen molar-refractivity contribution in [2.45, 2.75) is 6.42 Å². The van der Waals surface area contributed by atoms with Crippen molar-refractivity contribution in [3.8, 4) is 0 Å². The first-order valence-corrected chi connectivity index (χ1v) is 5.84. The summed E-state index contributed by atoms with van der Waals surface area (Å²) < 4.78 is 4.68. The van der Waals surface area contributed by atoms with Crippen LogP contribution in [-0.2, 0) is 0 Å². The van der Waals surface area contributed by atoms with E-state index in [0.29, 0.717) is 18.8 Å². The second kappa shape index (κ2) is 5.79. The molecule has 2 rings (SSSR count). The molecule has 1 aromatic heterocycles. The van der Waals surface area contributed by atoms with Crippen LogP contribution in [0.25, 0.3) is 0 Å². The average molecular weight is 239 g/mol. The zero-order valence-electron chi connectivity index (χ0n) is 9.71. The number of carbonyl (C=O) groups is 1. The normalized spacial score (nSPS) is 18.1. The molecule has 2 heterocycles. The van der Waals surface area contributed by atoms with E-state index in [4.69, 9.17) is 5.11 Å². The highest BCUT2D eigenvalue weighted by Gasteiger charge is 2.21. The van der Waals surface area contributed by atoms with E-state index in [-0.39, 0.29) is 12.5 Å². The Kier molecular flexibility index (Phi) is 4.11. The molecule has 6 heteroatoms. The summed E-state index contributed by atoms with van der Waals surface area (Å²) in [4.78, 5) is 16.0. The number of amides is 1. The van der Waals surface area contributed by atoms with Crippen molar-refractivity contribution < 1.29 is 14.4 Å². The zero-order valence-corrected chi connectivity index (χ0v) is 9.71. The molecule has 1 aromatic rings. The molecule has 0 bridgehead atoms. The predicted octanol–water partition coefficient (Wildman–Crippen LogP) is -0.185. The van der Waals surface area contributed by atoms with Gasteiger partial charge < -0.3 is 14.5 Å². The number of hydrogen-bond acceptors (Lipinski definition) is 5. The quantitative estimate of drug-likeness (QED) is 0.792. The molecule has 0 radical (unpaired) electrons. The van der Waals surface area contributed by atoms with E-state index < -0.39 is 0 Å². The molecule has 1 amide bonds. The van der Waals surface area contributed by atoms with Crippen molar-refractivity contribution in [3.05, 3.63) is 18.0 Å². The SMILES string of the molecule is O=C(c1ccon1)N1CCCN(CCO)CC1. The summed E-state index contributed by atoms with van der Waals surface area (Å²) in [5.41, 5.74) is 0.362. The van der Waals surface area contributed by atoms with Gasteiger partial charge in [0.25, 0.3) is 5.91 Å². The summed E-state index contributed by atoms with van der Waals surface area (Å²) in [7, 11) is 0. The maximum atomic E-state index is 12.0. The van der Waals surface area contributed by atoms with Gasteiger partial charge in [-0.25, -0.2) is 0 Å². The predicted molar refractivity (Wildman–Crippen MR) is 60.5 cm³/mol. The number of carbonyl (C=O) groups excluding carboxylic acids is 1. The molecule has 0 spiro atoms. The molecule has 1 fully saturated rings. The Labute approximate surface area is 99.8 Å². The number of nitrogens with zero attached hydrogens (tertiary/aromatic N) is 3. The molecule has 0 unspecified atom stereocenters. The Bertz CT molecular complexity index is 353. The van der Waals surface area contributed by atoms with Gasteiger partial charge in [0.2, 0.25) is 0 Å². The molecule has 17 heavy (non-hydrogen) atoms. The van der Waals surface area contributed by atoms with E-state index >= 15 is 0 Å². The molecule has 6 nitrogen and oxygen atoms in total. The Morgan fingerprint density at radius 2 is 2.29 bits per heavy atom. The smallest absolute Gasteiger partial charge is 0.276 e. The fourth-order valence-corrected chi connectivity index (χ4v) is 2.02. The summed E-state index contributed by atoms with van der Waals surface area (Å²) in [5.74, 6) is -0.0791. The summed E-state index contributed by atoms with van der Waals surface area (Å²) in [6.45, 7) is 3.95. The first-order valence-electron chi connectivity index (χ1n) is 5.84. The maximum absolute atomic E-state index is 12.0. The summed E-state index contributed by atoms with van der Waals surface area (Å²) in [6, 6.07) is 1.58. The Morgan fingerprint density at radius 1 is 1.41 bits per heavy atom. The number of β-amino-alcohol motifs (C(OH)–C–C–N with tert-alkyl or cyclic N) is 1. The first kappa shape index (κ1) is 12.1. The summed E-state index contributed by atoms with van der Waals surface area (Å²) in [5, 5.41) is 12.5. The van der Waals surface area contributed by atoms with Crippen LogP contribution in [-0.4, -0.2) is 65.3 Å². The topological polar surface area (TPSA) is 69.8 Å². The van der Waals surface area contributed by atoms with Gasteiger partial charge in [-0.3, -0.25) is 9.69 Å². The van der Waals surface area contributed by atoms with Crippen LogP contribution in [0.1, 0.15) is 16.9 Å². The molecule has 0 atom stereocenters. The van der Waals surface area contributed by atoms with Crippen LogP contribution in [0.4, 0.5) is 0 Å². The van der Waals surface area contributed by atoms with Crippen molar-refractivity contribution in [3.63, 3.8) is 0 Å². The lowest BCUT2D eigenvalue weighted by Crippen LogP contribution is -2.36. The highest BCUT2D eigenvalue weighted by atomic mass is 16.5. The molecular formula is C11H17N3O3. The second-order valence-corrected chi connectivity index (χ2v) is 4.10. The van der Waals surface area contributed by atoms with Gasteiger partial charge >= 0.3 is 0 Å². The number of hydrogen-bond donors (Lipinski definition) is 1. The van der Waals surface area contributed by atoms with E-state index in [1.165, 1.54) is 6.26 Å². The Hall–Kier alpha value is -1.40. The molecule has 94 valence electrons. The van der Waals surface area contributed by atoms with E-state index in [9.17, 15) is 4.79 Å². The van der Waals surface area contributed by atoms with E-state index in [0.717, 1.165) is 26.1 Å². The lowest BCUT2D eigenvalue weighted by atomic mass is 10.3. The van der Waals surface area contributed by atoms with Crippen molar-refractivity contribution in [1.29, 1.82) is 0 Å². The van der Waals surface area contributed by atoms with Gasteiger partial charge in [-0.1, -0.05) is 5.16 Å².